The van der Waals surface area contributed by atoms with Crippen LogP contribution >= 0.6 is 11.8 Å². The van der Waals surface area contributed by atoms with Crippen molar-refractivity contribution in [3.05, 3.63) is 34.6 Å². The third-order valence-corrected chi connectivity index (χ3v) is 3.24. The lowest BCUT2D eigenvalue weighted by Gasteiger charge is -2.10. The Balaban J connectivity index is 2.59. The monoisotopic (exact) mass is 264 g/mol. The van der Waals surface area contributed by atoms with Gasteiger partial charge >= 0.3 is 5.97 Å². The minimum Gasteiger partial charge on any atom is -0.481 e. The Morgan fingerprint density at radius 1 is 1.44 bits per heavy atom. The molecule has 18 heavy (non-hydrogen) atoms. The predicted molar refractivity (Wildman–Crippen MR) is 70.0 cm³/mol. The molecule has 1 N–H and O–H groups in total. The summed E-state index contributed by atoms with van der Waals surface area (Å²) in [5.41, 5.74) is 0.449. The highest BCUT2D eigenvalue weighted by Crippen LogP contribution is 2.15. The van der Waals surface area contributed by atoms with E-state index in [1.165, 1.54) is 16.3 Å². The van der Waals surface area contributed by atoms with Crippen molar-refractivity contribution in [2.75, 3.05) is 6.26 Å². The van der Waals surface area contributed by atoms with E-state index >= 15 is 0 Å². The van der Waals surface area contributed by atoms with E-state index in [9.17, 15) is 9.59 Å². The number of nitrogens with zero attached hydrogens (tertiary/aromatic N) is 2. The normalized spacial score (nSPS) is 10.7. The number of para-hydroxylation sites is 1. The van der Waals surface area contributed by atoms with Gasteiger partial charge in [0.1, 0.15) is 0 Å². The van der Waals surface area contributed by atoms with E-state index < -0.39 is 5.97 Å². The number of fused-ring (bicyclic) bond motifs is 1. The molecule has 1 aromatic carbocycles. The van der Waals surface area contributed by atoms with E-state index in [1.54, 1.807) is 18.2 Å². The maximum atomic E-state index is 12.2. The van der Waals surface area contributed by atoms with Crippen molar-refractivity contribution < 1.29 is 9.90 Å². The summed E-state index contributed by atoms with van der Waals surface area (Å²) in [6, 6.07) is 7.07. The lowest BCUT2D eigenvalue weighted by atomic mass is 10.2. The zero-order valence-electron chi connectivity index (χ0n) is 9.79. The Kier molecular flexibility index (Phi) is 3.66. The average Bonchev–Trinajstić information content (AvgIpc) is 2.37. The molecule has 1 aromatic heterocycles. The summed E-state index contributed by atoms with van der Waals surface area (Å²) in [6.45, 7) is 0.141. The number of carboxylic acids is 1. The summed E-state index contributed by atoms with van der Waals surface area (Å²) >= 11 is 1.34. The summed E-state index contributed by atoms with van der Waals surface area (Å²) in [6.07, 6.45) is 1.72. The minimum atomic E-state index is -0.929. The summed E-state index contributed by atoms with van der Waals surface area (Å²) in [4.78, 5) is 27.2. The number of hydrogen-bond donors (Lipinski definition) is 1. The molecule has 0 spiro atoms. The number of benzene rings is 1. The summed E-state index contributed by atoms with van der Waals surface area (Å²) in [7, 11) is 0. The number of rotatable bonds is 4. The smallest absolute Gasteiger partial charge is 0.305 e. The SMILES string of the molecule is CSc1nc2ccccc2c(=O)n1CCC(=O)O. The molecule has 94 valence electrons. The van der Waals surface area contributed by atoms with Gasteiger partial charge < -0.3 is 5.11 Å². The highest BCUT2D eigenvalue weighted by Gasteiger charge is 2.10. The molecule has 2 rings (SSSR count). The minimum absolute atomic E-state index is 0.0898. The standard InChI is InChI=1S/C12H12N2O3S/c1-18-12-13-9-5-3-2-4-8(9)11(17)14(12)7-6-10(15)16/h2-5H,6-7H2,1H3,(H,15,16). The van der Waals surface area contributed by atoms with Crippen LogP contribution in [0.2, 0.25) is 0 Å². The van der Waals surface area contributed by atoms with Crippen molar-refractivity contribution in [2.45, 2.75) is 18.1 Å². The molecular weight excluding hydrogens is 252 g/mol. The van der Waals surface area contributed by atoms with Crippen LogP contribution in [-0.4, -0.2) is 26.9 Å². The van der Waals surface area contributed by atoms with Crippen LogP contribution in [0.15, 0.2) is 34.2 Å². The first-order valence-corrected chi connectivity index (χ1v) is 6.61. The number of carboxylic acid groups (broad SMARTS) is 1. The Morgan fingerprint density at radius 2 is 2.17 bits per heavy atom. The second kappa shape index (κ2) is 5.22. The summed E-state index contributed by atoms with van der Waals surface area (Å²) in [5, 5.41) is 9.76. The highest BCUT2D eigenvalue weighted by molar-refractivity contribution is 7.98. The molecule has 0 saturated heterocycles. The maximum absolute atomic E-state index is 12.2. The van der Waals surface area contributed by atoms with E-state index in [2.05, 4.69) is 4.98 Å². The van der Waals surface area contributed by atoms with Gasteiger partial charge in [-0.05, 0) is 18.4 Å². The van der Waals surface area contributed by atoms with Gasteiger partial charge in [-0.15, -0.1) is 0 Å². The van der Waals surface area contributed by atoms with Gasteiger partial charge in [-0.3, -0.25) is 14.2 Å². The fraction of sp³-hybridized carbons (Fsp3) is 0.250. The van der Waals surface area contributed by atoms with Gasteiger partial charge in [-0.1, -0.05) is 23.9 Å². The molecule has 6 heteroatoms. The molecular formula is C12H12N2O3S. The van der Waals surface area contributed by atoms with E-state index in [-0.39, 0.29) is 18.5 Å². The van der Waals surface area contributed by atoms with Crippen LogP contribution in [0, 0.1) is 0 Å². The first-order chi connectivity index (χ1) is 8.63. The first-order valence-electron chi connectivity index (χ1n) is 5.39. The van der Waals surface area contributed by atoms with Crippen LogP contribution in [0.3, 0.4) is 0 Å². The molecule has 5 nitrogen and oxygen atoms in total. The van der Waals surface area contributed by atoms with Crippen molar-refractivity contribution in [2.24, 2.45) is 0 Å². The fourth-order valence-corrected chi connectivity index (χ4v) is 2.29. The molecule has 0 unspecified atom stereocenters. The third-order valence-electron chi connectivity index (χ3n) is 2.56. The van der Waals surface area contributed by atoms with Gasteiger partial charge in [0.05, 0.1) is 17.3 Å². The maximum Gasteiger partial charge on any atom is 0.305 e. The van der Waals surface area contributed by atoms with Crippen LogP contribution in [0.4, 0.5) is 0 Å². The number of thioether (sulfide) groups is 1. The largest absolute Gasteiger partial charge is 0.481 e. The predicted octanol–water partition coefficient (Wildman–Crippen LogP) is 1.59. The average molecular weight is 264 g/mol. The van der Waals surface area contributed by atoms with Gasteiger partial charge in [-0.25, -0.2) is 4.98 Å². The van der Waals surface area contributed by atoms with Crippen molar-refractivity contribution in [3.63, 3.8) is 0 Å². The van der Waals surface area contributed by atoms with Gasteiger partial charge in [0, 0.05) is 6.54 Å². The Bertz CT molecular complexity index is 651. The Morgan fingerprint density at radius 3 is 2.83 bits per heavy atom. The van der Waals surface area contributed by atoms with E-state index in [4.69, 9.17) is 5.11 Å². The van der Waals surface area contributed by atoms with Crippen molar-refractivity contribution >= 4 is 28.6 Å². The van der Waals surface area contributed by atoms with Gasteiger partial charge in [-0.2, -0.15) is 0 Å². The van der Waals surface area contributed by atoms with Gasteiger partial charge in [0.15, 0.2) is 5.16 Å². The van der Waals surface area contributed by atoms with Crippen molar-refractivity contribution in [1.29, 1.82) is 0 Å². The second-order valence-electron chi connectivity index (χ2n) is 3.72. The zero-order chi connectivity index (χ0) is 13.1. The fourth-order valence-electron chi connectivity index (χ4n) is 1.71. The summed E-state index contributed by atoms with van der Waals surface area (Å²) in [5.74, 6) is -0.929. The highest BCUT2D eigenvalue weighted by atomic mass is 32.2. The van der Waals surface area contributed by atoms with Gasteiger partial charge in [0.25, 0.3) is 5.56 Å². The molecule has 0 amide bonds. The molecule has 0 aliphatic heterocycles. The van der Waals surface area contributed by atoms with E-state index in [1.807, 2.05) is 12.3 Å². The van der Waals surface area contributed by atoms with Crippen LogP contribution in [0.1, 0.15) is 6.42 Å². The van der Waals surface area contributed by atoms with Crippen molar-refractivity contribution in [1.82, 2.24) is 9.55 Å². The second-order valence-corrected chi connectivity index (χ2v) is 4.49. The van der Waals surface area contributed by atoms with E-state index in [0.29, 0.717) is 16.1 Å². The first kappa shape index (κ1) is 12.6. The molecule has 0 atom stereocenters. The molecule has 0 saturated carbocycles. The number of hydrogen-bond acceptors (Lipinski definition) is 4. The third kappa shape index (κ3) is 2.38. The molecule has 0 radical (unpaired) electrons. The van der Waals surface area contributed by atoms with Crippen LogP contribution < -0.4 is 5.56 Å². The molecule has 0 aliphatic rings. The lowest BCUT2D eigenvalue weighted by molar-refractivity contribution is -0.137. The number of aliphatic carboxylic acids is 1. The quantitative estimate of drug-likeness (QED) is 0.670. The Labute approximate surface area is 107 Å². The molecule has 0 aliphatic carbocycles. The number of aromatic nitrogens is 2. The molecule has 0 bridgehead atoms. The molecule has 1 heterocycles. The zero-order valence-corrected chi connectivity index (χ0v) is 10.6. The summed E-state index contributed by atoms with van der Waals surface area (Å²) < 4.78 is 1.42. The van der Waals surface area contributed by atoms with Crippen LogP contribution in [0.5, 0.6) is 0 Å². The topological polar surface area (TPSA) is 72.2 Å². The van der Waals surface area contributed by atoms with Gasteiger partial charge in [0.2, 0.25) is 0 Å². The molecule has 2 aromatic rings. The number of carbonyl (C=O) groups is 1. The van der Waals surface area contributed by atoms with Crippen LogP contribution in [-0.2, 0) is 11.3 Å². The van der Waals surface area contributed by atoms with Crippen molar-refractivity contribution in [3.8, 4) is 0 Å². The molecule has 0 fully saturated rings. The van der Waals surface area contributed by atoms with E-state index in [0.717, 1.165) is 0 Å². The van der Waals surface area contributed by atoms with Crippen LogP contribution in [0.25, 0.3) is 10.9 Å². The Hall–Kier alpha value is -1.82. The lowest BCUT2D eigenvalue weighted by Crippen LogP contribution is -2.24.